The average Bonchev–Trinajstić information content (AvgIpc) is 2.24. The van der Waals surface area contributed by atoms with Gasteiger partial charge in [0.2, 0.25) is 5.91 Å². The molecule has 0 bridgehead atoms. The van der Waals surface area contributed by atoms with Crippen LogP contribution in [0.4, 0.5) is 0 Å². The molecule has 2 N–H and O–H groups in total. The lowest BCUT2D eigenvalue weighted by Crippen LogP contribution is -2.46. The summed E-state index contributed by atoms with van der Waals surface area (Å²) >= 11 is 0. The van der Waals surface area contributed by atoms with Crippen LogP contribution in [0.1, 0.15) is 34.6 Å². The predicted molar refractivity (Wildman–Crippen MR) is 66.5 cm³/mol. The van der Waals surface area contributed by atoms with Crippen LogP contribution in [-0.2, 0) is 14.3 Å². The Morgan fingerprint density at radius 1 is 1.18 bits per heavy atom. The summed E-state index contributed by atoms with van der Waals surface area (Å²) in [6.07, 6.45) is 0. The Balaban J connectivity index is 3.94. The maximum absolute atomic E-state index is 11.6. The van der Waals surface area contributed by atoms with Crippen molar-refractivity contribution in [3.05, 3.63) is 0 Å². The largest absolute Gasteiger partial charge is 0.466 e. The SMILES string of the molecule is CCOC(=O)C(C)CNC(C)C(=O)NC(C)C. The third kappa shape index (κ3) is 6.94. The summed E-state index contributed by atoms with van der Waals surface area (Å²) in [5.74, 6) is -0.545. The first-order chi connectivity index (χ1) is 7.88. The number of hydrogen-bond donors (Lipinski definition) is 2. The molecule has 0 radical (unpaired) electrons. The Morgan fingerprint density at radius 2 is 1.76 bits per heavy atom. The van der Waals surface area contributed by atoms with Crippen molar-refractivity contribution in [2.45, 2.75) is 46.7 Å². The van der Waals surface area contributed by atoms with Gasteiger partial charge in [-0.15, -0.1) is 0 Å². The molecule has 0 aromatic carbocycles. The van der Waals surface area contributed by atoms with Crippen molar-refractivity contribution in [3.8, 4) is 0 Å². The predicted octanol–water partition coefficient (Wildman–Crippen LogP) is 0.688. The molecule has 0 heterocycles. The van der Waals surface area contributed by atoms with E-state index in [0.717, 1.165) is 0 Å². The monoisotopic (exact) mass is 244 g/mol. The average molecular weight is 244 g/mol. The normalized spacial score (nSPS) is 14.2. The molecular formula is C12H24N2O3. The van der Waals surface area contributed by atoms with Gasteiger partial charge < -0.3 is 15.4 Å². The molecule has 17 heavy (non-hydrogen) atoms. The summed E-state index contributed by atoms with van der Waals surface area (Å²) in [4.78, 5) is 22.9. The van der Waals surface area contributed by atoms with E-state index in [2.05, 4.69) is 10.6 Å². The molecule has 0 aromatic heterocycles. The second-order valence-electron chi connectivity index (χ2n) is 4.45. The van der Waals surface area contributed by atoms with E-state index in [1.807, 2.05) is 13.8 Å². The number of rotatable bonds is 7. The summed E-state index contributed by atoms with van der Waals surface area (Å²) in [5.41, 5.74) is 0. The summed E-state index contributed by atoms with van der Waals surface area (Å²) in [6, 6.07) is -0.191. The van der Waals surface area contributed by atoms with Crippen LogP contribution in [0.3, 0.4) is 0 Å². The molecule has 0 saturated carbocycles. The third-order valence-corrected chi connectivity index (χ3v) is 2.24. The van der Waals surface area contributed by atoms with Gasteiger partial charge in [-0.25, -0.2) is 0 Å². The highest BCUT2D eigenvalue weighted by molar-refractivity contribution is 5.81. The van der Waals surface area contributed by atoms with Crippen molar-refractivity contribution >= 4 is 11.9 Å². The molecule has 0 aromatic rings. The van der Waals surface area contributed by atoms with Crippen molar-refractivity contribution < 1.29 is 14.3 Å². The molecule has 1 amide bonds. The minimum Gasteiger partial charge on any atom is -0.466 e. The zero-order chi connectivity index (χ0) is 13.4. The Morgan fingerprint density at radius 3 is 2.24 bits per heavy atom. The van der Waals surface area contributed by atoms with Crippen molar-refractivity contribution in [1.82, 2.24) is 10.6 Å². The molecule has 0 aliphatic carbocycles. The molecular weight excluding hydrogens is 220 g/mol. The van der Waals surface area contributed by atoms with Gasteiger partial charge in [-0.1, -0.05) is 6.92 Å². The highest BCUT2D eigenvalue weighted by atomic mass is 16.5. The molecule has 0 aliphatic rings. The smallest absolute Gasteiger partial charge is 0.309 e. The molecule has 0 aliphatic heterocycles. The molecule has 2 atom stereocenters. The second-order valence-corrected chi connectivity index (χ2v) is 4.45. The number of carbonyl (C=O) groups is 2. The molecule has 5 heteroatoms. The summed E-state index contributed by atoms with van der Waals surface area (Å²) in [6.45, 7) is 9.96. The van der Waals surface area contributed by atoms with Crippen molar-refractivity contribution in [1.29, 1.82) is 0 Å². The van der Waals surface area contributed by atoms with Crippen LogP contribution in [0.25, 0.3) is 0 Å². The van der Waals surface area contributed by atoms with Crippen LogP contribution < -0.4 is 10.6 Å². The number of carbonyl (C=O) groups excluding carboxylic acids is 2. The lowest BCUT2D eigenvalue weighted by atomic mass is 10.1. The standard InChI is InChI=1S/C12H24N2O3/c1-6-17-12(16)9(4)7-13-10(5)11(15)14-8(2)3/h8-10,13H,6-7H2,1-5H3,(H,14,15). The van der Waals surface area contributed by atoms with E-state index in [9.17, 15) is 9.59 Å². The van der Waals surface area contributed by atoms with E-state index in [-0.39, 0.29) is 29.9 Å². The van der Waals surface area contributed by atoms with E-state index in [1.165, 1.54) is 0 Å². The fourth-order valence-corrected chi connectivity index (χ4v) is 1.22. The van der Waals surface area contributed by atoms with Crippen molar-refractivity contribution in [3.63, 3.8) is 0 Å². The number of nitrogens with one attached hydrogen (secondary N) is 2. The Kier molecular flexibility index (Phi) is 7.54. The van der Waals surface area contributed by atoms with Gasteiger partial charge in [-0.05, 0) is 27.7 Å². The summed E-state index contributed by atoms with van der Waals surface area (Å²) in [7, 11) is 0. The number of hydrogen-bond acceptors (Lipinski definition) is 4. The van der Waals surface area contributed by atoms with Gasteiger partial charge in [0.05, 0.1) is 18.6 Å². The Bertz CT molecular complexity index is 254. The van der Waals surface area contributed by atoms with Gasteiger partial charge in [-0.2, -0.15) is 0 Å². The van der Waals surface area contributed by atoms with Crippen molar-refractivity contribution in [2.24, 2.45) is 5.92 Å². The Labute approximate surface area is 103 Å². The van der Waals surface area contributed by atoms with E-state index in [4.69, 9.17) is 4.74 Å². The fourth-order valence-electron chi connectivity index (χ4n) is 1.22. The quantitative estimate of drug-likeness (QED) is 0.647. The van der Waals surface area contributed by atoms with Crippen LogP contribution in [0.15, 0.2) is 0 Å². The van der Waals surface area contributed by atoms with Gasteiger partial charge in [0.25, 0.3) is 0 Å². The van der Waals surface area contributed by atoms with E-state index >= 15 is 0 Å². The molecule has 0 spiro atoms. The molecule has 0 fully saturated rings. The van der Waals surface area contributed by atoms with E-state index in [0.29, 0.717) is 13.2 Å². The Hall–Kier alpha value is -1.10. The first-order valence-electron chi connectivity index (χ1n) is 6.08. The van der Waals surface area contributed by atoms with Gasteiger partial charge in [-0.3, -0.25) is 9.59 Å². The summed E-state index contributed by atoms with van der Waals surface area (Å²) in [5, 5.41) is 5.82. The van der Waals surface area contributed by atoms with Crippen LogP contribution >= 0.6 is 0 Å². The number of ether oxygens (including phenoxy) is 1. The molecule has 100 valence electrons. The van der Waals surface area contributed by atoms with Gasteiger partial charge in [0.1, 0.15) is 0 Å². The molecule has 2 unspecified atom stereocenters. The molecule has 5 nitrogen and oxygen atoms in total. The highest BCUT2D eigenvalue weighted by Crippen LogP contribution is 1.97. The highest BCUT2D eigenvalue weighted by Gasteiger charge is 2.18. The van der Waals surface area contributed by atoms with Gasteiger partial charge >= 0.3 is 5.97 Å². The molecule has 0 saturated heterocycles. The van der Waals surface area contributed by atoms with E-state index in [1.54, 1.807) is 20.8 Å². The van der Waals surface area contributed by atoms with E-state index < -0.39 is 0 Å². The van der Waals surface area contributed by atoms with Crippen LogP contribution in [0.2, 0.25) is 0 Å². The lowest BCUT2D eigenvalue weighted by molar-refractivity contribution is -0.147. The first kappa shape index (κ1) is 15.9. The third-order valence-electron chi connectivity index (χ3n) is 2.24. The van der Waals surface area contributed by atoms with Crippen LogP contribution in [0.5, 0.6) is 0 Å². The second kappa shape index (κ2) is 8.06. The molecule has 0 rings (SSSR count). The van der Waals surface area contributed by atoms with Crippen LogP contribution in [-0.4, -0.2) is 37.1 Å². The lowest BCUT2D eigenvalue weighted by Gasteiger charge is -2.18. The van der Waals surface area contributed by atoms with Gasteiger partial charge in [0, 0.05) is 12.6 Å². The first-order valence-corrected chi connectivity index (χ1v) is 6.08. The zero-order valence-corrected chi connectivity index (χ0v) is 11.4. The fraction of sp³-hybridized carbons (Fsp3) is 0.833. The topological polar surface area (TPSA) is 67.4 Å². The van der Waals surface area contributed by atoms with Gasteiger partial charge in [0.15, 0.2) is 0 Å². The maximum atomic E-state index is 11.6. The summed E-state index contributed by atoms with van der Waals surface area (Å²) < 4.78 is 4.88. The zero-order valence-electron chi connectivity index (χ0n) is 11.4. The van der Waals surface area contributed by atoms with Crippen LogP contribution in [0, 0.1) is 5.92 Å². The minimum atomic E-state index is -0.311. The number of amides is 1. The number of esters is 1. The van der Waals surface area contributed by atoms with Crippen molar-refractivity contribution in [2.75, 3.05) is 13.2 Å². The maximum Gasteiger partial charge on any atom is 0.309 e. The minimum absolute atomic E-state index is 0.0592.